The van der Waals surface area contributed by atoms with E-state index in [4.69, 9.17) is 0 Å². The van der Waals surface area contributed by atoms with Crippen LogP contribution in [-0.2, 0) is 11.2 Å². The van der Waals surface area contributed by atoms with Crippen molar-refractivity contribution in [2.24, 2.45) is 5.41 Å². The maximum atomic E-state index is 12.4. The topological polar surface area (TPSA) is 34.1 Å². The minimum atomic E-state index is -0.791. The van der Waals surface area contributed by atoms with Crippen molar-refractivity contribution in [1.29, 1.82) is 0 Å². The number of Topliss-reactive ketones (excluding diaryl/α,β-unsaturated/α-hetero) is 2. The van der Waals surface area contributed by atoms with Gasteiger partial charge in [0.25, 0.3) is 0 Å². The summed E-state index contributed by atoms with van der Waals surface area (Å²) in [5.74, 6) is 0.0175. The summed E-state index contributed by atoms with van der Waals surface area (Å²) in [7, 11) is 0. The van der Waals surface area contributed by atoms with Gasteiger partial charge < -0.3 is 0 Å². The maximum absolute atomic E-state index is 12.4. The Hall–Kier alpha value is -1.44. The van der Waals surface area contributed by atoms with E-state index in [1.165, 1.54) is 12.5 Å². The van der Waals surface area contributed by atoms with Gasteiger partial charge in [0.2, 0.25) is 0 Å². The van der Waals surface area contributed by atoms with Crippen LogP contribution in [0.3, 0.4) is 0 Å². The number of carbonyl (C=O) groups excluding carboxylic acids is 2. The fourth-order valence-electron chi connectivity index (χ4n) is 2.77. The number of ketones is 2. The van der Waals surface area contributed by atoms with Crippen LogP contribution in [0.4, 0.5) is 0 Å². The van der Waals surface area contributed by atoms with E-state index >= 15 is 0 Å². The molecule has 0 aliphatic heterocycles. The van der Waals surface area contributed by atoms with E-state index in [2.05, 4.69) is 0 Å². The minimum Gasteiger partial charge on any atom is -0.299 e. The molecule has 0 bridgehead atoms. The highest BCUT2D eigenvalue weighted by Gasteiger charge is 2.48. The van der Waals surface area contributed by atoms with Crippen LogP contribution in [0.2, 0.25) is 0 Å². The molecule has 1 atom stereocenters. The summed E-state index contributed by atoms with van der Waals surface area (Å²) in [5.41, 5.74) is 3.39. The highest BCUT2D eigenvalue weighted by atomic mass is 16.2. The lowest BCUT2D eigenvalue weighted by atomic mass is 9.77. The van der Waals surface area contributed by atoms with Gasteiger partial charge >= 0.3 is 0 Å². The molecule has 2 rings (SSSR count). The first-order valence-corrected chi connectivity index (χ1v) is 6.09. The summed E-state index contributed by atoms with van der Waals surface area (Å²) in [6.45, 7) is 7.54. The van der Waals surface area contributed by atoms with Crippen LogP contribution >= 0.6 is 0 Å². The van der Waals surface area contributed by atoms with Crippen LogP contribution in [0.1, 0.15) is 47.3 Å². The van der Waals surface area contributed by atoms with Crippen molar-refractivity contribution < 1.29 is 9.59 Å². The van der Waals surface area contributed by atoms with E-state index in [1.54, 1.807) is 0 Å². The molecular formula is C15H18O2. The summed E-state index contributed by atoms with van der Waals surface area (Å²) >= 11 is 0. The Balaban J connectivity index is 2.63. The van der Waals surface area contributed by atoms with E-state index in [-0.39, 0.29) is 11.6 Å². The third-order valence-corrected chi connectivity index (χ3v) is 4.30. The standard InChI is InChI=1S/C15H18O2/c1-5-15(11(4)16)8-13-10(3)9(2)6-7-12(13)14(15)17/h6-7H,5,8H2,1-4H3. The highest BCUT2D eigenvalue weighted by molar-refractivity contribution is 6.17. The van der Waals surface area contributed by atoms with Crippen molar-refractivity contribution in [3.05, 3.63) is 34.4 Å². The van der Waals surface area contributed by atoms with Crippen LogP contribution in [0.25, 0.3) is 0 Å². The summed E-state index contributed by atoms with van der Waals surface area (Å²) < 4.78 is 0. The molecule has 0 fully saturated rings. The van der Waals surface area contributed by atoms with Gasteiger partial charge in [-0.25, -0.2) is 0 Å². The number of benzene rings is 1. The molecule has 1 aromatic rings. The smallest absolute Gasteiger partial charge is 0.176 e. The zero-order valence-electron chi connectivity index (χ0n) is 10.9. The second-order valence-electron chi connectivity index (χ2n) is 5.03. The van der Waals surface area contributed by atoms with Gasteiger partial charge in [0, 0.05) is 5.56 Å². The van der Waals surface area contributed by atoms with E-state index in [1.807, 2.05) is 32.9 Å². The largest absolute Gasteiger partial charge is 0.299 e. The Morgan fingerprint density at radius 3 is 2.53 bits per heavy atom. The predicted molar refractivity (Wildman–Crippen MR) is 67.4 cm³/mol. The van der Waals surface area contributed by atoms with Gasteiger partial charge in [-0.15, -0.1) is 0 Å². The second kappa shape index (κ2) is 3.80. The normalized spacial score (nSPS) is 22.7. The number of rotatable bonds is 2. The molecule has 0 spiro atoms. The van der Waals surface area contributed by atoms with Crippen LogP contribution in [0, 0.1) is 19.3 Å². The maximum Gasteiger partial charge on any atom is 0.176 e. The lowest BCUT2D eigenvalue weighted by Gasteiger charge is -2.21. The Morgan fingerprint density at radius 2 is 2.00 bits per heavy atom. The summed E-state index contributed by atoms with van der Waals surface area (Å²) in [6, 6.07) is 3.85. The highest BCUT2D eigenvalue weighted by Crippen LogP contribution is 2.42. The fourth-order valence-corrected chi connectivity index (χ4v) is 2.77. The van der Waals surface area contributed by atoms with Gasteiger partial charge in [0.05, 0.1) is 5.41 Å². The molecule has 0 heterocycles. The van der Waals surface area contributed by atoms with Crippen molar-refractivity contribution in [3.8, 4) is 0 Å². The van der Waals surface area contributed by atoms with E-state index in [0.717, 1.165) is 16.7 Å². The lowest BCUT2D eigenvalue weighted by Crippen LogP contribution is -2.34. The Labute approximate surface area is 102 Å². The molecule has 1 aromatic carbocycles. The molecule has 1 unspecified atom stereocenters. The molecule has 90 valence electrons. The van der Waals surface area contributed by atoms with Gasteiger partial charge in [-0.3, -0.25) is 9.59 Å². The minimum absolute atomic E-state index is 0.00162. The third kappa shape index (κ3) is 1.47. The van der Waals surface area contributed by atoms with Crippen LogP contribution in [0.5, 0.6) is 0 Å². The zero-order valence-corrected chi connectivity index (χ0v) is 10.9. The number of aryl methyl sites for hydroxylation is 1. The molecular weight excluding hydrogens is 212 g/mol. The first kappa shape index (κ1) is 12.0. The van der Waals surface area contributed by atoms with E-state index in [0.29, 0.717) is 12.8 Å². The molecule has 1 aliphatic carbocycles. The third-order valence-electron chi connectivity index (χ3n) is 4.30. The monoisotopic (exact) mass is 230 g/mol. The van der Waals surface area contributed by atoms with Gasteiger partial charge in [-0.1, -0.05) is 19.1 Å². The van der Waals surface area contributed by atoms with Crippen molar-refractivity contribution >= 4 is 11.6 Å². The molecule has 0 amide bonds. The molecule has 0 N–H and O–H groups in total. The number of hydrogen-bond donors (Lipinski definition) is 0. The van der Waals surface area contributed by atoms with Crippen molar-refractivity contribution in [3.63, 3.8) is 0 Å². The average Bonchev–Trinajstić information content (AvgIpc) is 2.59. The SMILES string of the molecule is CCC1(C(C)=O)Cc2c(ccc(C)c2C)C1=O. The molecule has 0 saturated heterocycles. The quantitative estimate of drug-likeness (QED) is 0.732. The van der Waals surface area contributed by atoms with Crippen LogP contribution in [-0.4, -0.2) is 11.6 Å². The van der Waals surface area contributed by atoms with Crippen LogP contribution in [0.15, 0.2) is 12.1 Å². The number of hydrogen-bond acceptors (Lipinski definition) is 2. The van der Waals surface area contributed by atoms with Crippen molar-refractivity contribution in [2.45, 2.75) is 40.5 Å². The molecule has 1 aliphatic rings. The summed E-state index contributed by atoms with van der Waals surface area (Å²) in [6.07, 6.45) is 1.18. The molecule has 0 aromatic heterocycles. The van der Waals surface area contributed by atoms with Gasteiger partial charge in [-0.05, 0) is 50.3 Å². The molecule has 2 heteroatoms. The number of carbonyl (C=O) groups is 2. The van der Waals surface area contributed by atoms with Gasteiger partial charge in [0.15, 0.2) is 5.78 Å². The van der Waals surface area contributed by atoms with Crippen LogP contribution < -0.4 is 0 Å². The fraction of sp³-hybridized carbons (Fsp3) is 0.467. The molecule has 2 nitrogen and oxygen atoms in total. The van der Waals surface area contributed by atoms with Gasteiger partial charge in [0.1, 0.15) is 5.78 Å². The lowest BCUT2D eigenvalue weighted by molar-refractivity contribution is -0.124. The first-order valence-electron chi connectivity index (χ1n) is 6.09. The van der Waals surface area contributed by atoms with Gasteiger partial charge in [-0.2, -0.15) is 0 Å². The van der Waals surface area contributed by atoms with Crippen molar-refractivity contribution in [1.82, 2.24) is 0 Å². The Morgan fingerprint density at radius 1 is 1.35 bits per heavy atom. The summed E-state index contributed by atoms with van der Waals surface area (Å²) in [4.78, 5) is 24.3. The van der Waals surface area contributed by atoms with E-state index < -0.39 is 5.41 Å². The predicted octanol–water partition coefficient (Wildman–Crippen LogP) is 3.03. The van der Waals surface area contributed by atoms with Crippen molar-refractivity contribution in [2.75, 3.05) is 0 Å². The molecule has 0 radical (unpaired) electrons. The molecule has 0 saturated carbocycles. The van der Waals surface area contributed by atoms with E-state index in [9.17, 15) is 9.59 Å². The number of fused-ring (bicyclic) bond motifs is 1. The summed E-state index contributed by atoms with van der Waals surface area (Å²) in [5, 5.41) is 0. The Kier molecular flexibility index (Phi) is 2.69. The molecule has 17 heavy (non-hydrogen) atoms. The Bertz CT molecular complexity index is 514. The average molecular weight is 230 g/mol. The zero-order chi connectivity index (χ0) is 12.8. The second-order valence-corrected chi connectivity index (χ2v) is 5.03. The first-order chi connectivity index (χ1) is 7.94.